The lowest BCUT2D eigenvalue weighted by molar-refractivity contribution is -0.137. The van der Waals surface area contributed by atoms with E-state index in [0.717, 1.165) is 30.3 Å². The largest absolute Gasteiger partial charge is 0.416 e. The lowest BCUT2D eigenvalue weighted by Crippen LogP contribution is -2.44. The molecule has 0 aliphatic carbocycles. The van der Waals surface area contributed by atoms with E-state index in [4.69, 9.17) is 0 Å². The van der Waals surface area contributed by atoms with Crippen LogP contribution in [0.25, 0.3) is 0 Å². The Labute approximate surface area is 189 Å². The summed E-state index contributed by atoms with van der Waals surface area (Å²) in [5.41, 5.74) is -1.35. The lowest BCUT2D eigenvalue weighted by Gasteiger charge is -2.31. The van der Waals surface area contributed by atoms with Crippen LogP contribution in [0, 0.1) is 23.4 Å². The second kappa shape index (κ2) is 10.1. The quantitative estimate of drug-likeness (QED) is 0.499. The second-order valence-electron chi connectivity index (χ2n) is 7.63. The maximum Gasteiger partial charge on any atom is 0.416 e. The zero-order valence-corrected chi connectivity index (χ0v) is 17.5. The Morgan fingerprint density at radius 1 is 0.912 bits per heavy atom. The van der Waals surface area contributed by atoms with E-state index in [0.29, 0.717) is 6.07 Å². The highest BCUT2D eigenvalue weighted by Gasteiger charge is 2.31. The lowest BCUT2D eigenvalue weighted by atomic mass is 9.95. The van der Waals surface area contributed by atoms with E-state index in [-0.39, 0.29) is 31.5 Å². The Kier molecular flexibility index (Phi) is 7.48. The normalized spacial score (nSPS) is 14.6. The van der Waals surface area contributed by atoms with Gasteiger partial charge in [-0.2, -0.15) is 13.2 Å². The van der Waals surface area contributed by atoms with E-state index in [1.165, 1.54) is 4.90 Å². The van der Waals surface area contributed by atoms with Crippen LogP contribution in [-0.2, 0) is 15.8 Å². The fourth-order valence-corrected chi connectivity index (χ4v) is 3.46. The van der Waals surface area contributed by atoms with Gasteiger partial charge in [-0.15, -0.1) is 0 Å². The first kappa shape index (κ1) is 25.1. The molecule has 0 bridgehead atoms. The van der Waals surface area contributed by atoms with Crippen molar-refractivity contribution in [2.24, 2.45) is 5.92 Å². The summed E-state index contributed by atoms with van der Waals surface area (Å²) in [6.07, 6.45) is -3.98. The van der Waals surface area contributed by atoms with Gasteiger partial charge in [0.25, 0.3) is 5.91 Å². The highest BCUT2D eigenvalue weighted by atomic mass is 19.4. The highest BCUT2D eigenvalue weighted by molar-refractivity contribution is 5.95. The van der Waals surface area contributed by atoms with Crippen molar-refractivity contribution < 1.29 is 40.7 Å². The van der Waals surface area contributed by atoms with E-state index in [1.54, 1.807) is 0 Å². The van der Waals surface area contributed by atoms with Crippen molar-refractivity contribution in [3.63, 3.8) is 0 Å². The fraction of sp³-hybridized carbons (Fsp3) is 0.318. The van der Waals surface area contributed by atoms with Crippen molar-refractivity contribution in [2.75, 3.05) is 25.0 Å². The summed E-state index contributed by atoms with van der Waals surface area (Å²) in [6.45, 7) is -0.170. The minimum Gasteiger partial charge on any atom is -0.347 e. The van der Waals surface area contributed by atoms with Crippen LogP contribution in [0.5, 0.6) is 0 Å². The number of nitrogens with zero attached hydrogens (tertiary/aromatic N) is 1. The van der Waals surface area contributed by atoms with E-state index in [2.05, 4.69) is 5.32 Å². The molecule has 1 aliphatic rings. The van der Waals surface area contributed by atoms with Gasteiger partial charge >= 0.3 is 6.18 Å². The summed E-state index contributed by atoms with van der Waals surface area (Å²) in [5, 5.41) is 4.39. The first-order chi connectivity index (χ1) is 16.0. The first-order valence-electron chi connectivity index (χ1n) is 10.1. The van der Waals surface area contributed by atoms with Gasteiger partial charge in [0.05, 0.1) is 17.8 Å². The molecular formula is C22H19F6N3O3. The Bertz CT molecular complexity index is 1080. The third-order valence-electron chi connectivity index (χ3n) is 5.34. The Balaban J connectivity index is 1.46. The molecule has 1 fully saturated rings. The van der Waals surface area contributed by atoms with Crippen LogP contribution in [0.15, 0.2) is 36.4 Å². The van der Waals surface area contributed by atoms with Crippen LogP contribution >= 0.6 is 0 Å². The topological polar surface area (TPSA) is 78.5 Å². The van der Waals surface area contributed by atoms with E-state index in [9.17, 15) is 40.7 Å². The van der Waals surface area contributed by atoms with Gasteiger partial charge < -0.3 is 15.5 Å². The predicted octanol–water partition coefficient (Wildman–Crippen LogP) is 3.73. The van der Waals surface area contributed by atoms with E-state index < -0.39 is 65.1 Å². The average molecular weight is 487 g/mol. The number of hydrogen-bond donors (Lipinski definition) is 2. The van der Waals surface area contributed by atoms with Gasteiger partial charge in [0.1, 0.15) is 0 Å². The molecule has 1 aliphatic heterocycles. The number of nitrogens with one attached hydrogen (secondary N) is 2. The Morgan fingerprint density at radius 2 is 1.53 bits per heavy atom. The molecule has 6 nitrogen and oxygen atoms in total. The summed E-state index contributed by atoms with van der Waals surface area (Å²) in [7, 11) is 0. The number of anilines is 1. The average Bonchev–Trinajstić information content (AvgIpc) is 2.82. The molecule has 0 atom stereocenters. The molecule has 2 aromatic carbocycles. The Morgan fingerprint density at radius 3 is 2.12 bits per heavy atom. The SMILES string of the molecule is O=C(CNC(=O)C1CCN(C(=O)c2ccc(C(F)(F)F)cc2)CC1)Nc1ccc(F)c(F)c1F. The van der Waals surface area contributed by atoms with Crippen LogP contribution in [0.3, 0.4) is 0 Å². The molecule has 1 heterocycles. The van der Waals surface area contributed by atoms with Crippen molar-refractivity contribution >= 4 is 23.4 Å². The number of carbonyl (C=O) groups is 3. The number of hydrogen-bond acceptors (Lipinski definition) is 3. The number of piperidine rings is 1. The molecule has 0 saturated carbocycles. The van der Waals surface area contributed by atoms with Gasteiger partial charge in [-0.25, -0.2) is 13.2 Å². The summed E-state index contributed by atoms with van der Waals surface area (Å²) in [4.78, 5) is 38.1. The van der Waals surface area contributed by atoms with Crippen molar-refractivity contribution in [1.82, 2.24) is 10.2 Å². The van der Waals surface area contributed by atoms with E-state index >= 15 is 0 Å². The number of carbonyl (C=O) groups excluding carboxylic acids is 3. The van der Waals surface area contributed by atoms with E-state index in [1.807, 2.05) is 5.32 Å². The molecule has 2 N–H and O–H groups in total. The molecule has 0 aromatic heterocycles. The van der Waals surface area contributed by atoms with Crippen LogP contribution < -0.4 is 10.6 Å². The number of benzene rings is 2. The maximum absolute atomic E-state index is 13.6. The molecule has 0 spiro atoms. The molecule has 2 aromatic rings. The summed E-state index contributed by atoms with van der Waals surface area (Å²) >= 11 is 0. The molecule has 3 amide bonds. The Hall–Kier alpha value is -3.57. The minimum atomic E-state index is -4.51. The molecule has 0 radical (unpaired) electrons. The molecule has 34 heavy (non-hydrogen) atoms. The van der Waals surface area contributed by atoms with Gasteiger partial charge in [0.2, 0.25) is 11.8 Å². The number of halogens is 6. The maximum atomic E-state index is 13.6. The third kappa shape index (κ3) is 5.86. The standard InChI is InChI=1S/C22H19F6N3O3/c23-15-5-6-16(19(25)18(15)24)30-17(32)11-29-20(33)12-7-9-31(10-8-12)21(34)13-1-3-14(4-2-13)22(26,27)28/h1-6,12H,7-11H2,(H,29,33)(H,30,32). The summed E-state index contributed by atoms with van der Waals surface area (Å²) in [6, 6.07) is 5.33. The van der Waals surface area contributed by atoms with Gasteiger partial charge in [0.15, 0.2) is 17.5 Å². The predicted molar refractivity (Wildman–Crippen MR) is 108 cm³/mol. The van der Waals surface area contributed by atoms with Gasteiger partial charge in [-0.05, 0) is 49.2 Å². The smallest absolute Gasteiger partial charge is 0.347 e. The van der Waals surface area contributed by atoms with Crippen molar-refractivity contribution in [3.8, 4) is 0 Å². The van der Waals surface area contributed by atoms with Crippen molar-refractivity contribution in [3.05, 3.63) is 65.0 Å². The van der Waals surface area contributed by atoms with Crippen molar-refractivity contribution in [2.45, 2.75) is 19.0 Å². The molecule has 12 heteroatoms. The minimum absolute atomic E-state index is 0.0945. The monoisotopic (exact) mass is 487 g/mol. The molecular weight excluding hydrogens is 468 g/mol. The molecule has 3 rings (SSSR count). The fourth-order valence-electron chi connectivity index (χ4n) is 3.46. The first-order valence-corrected chi connectivity index (χ1v) is 10.1. The van der Waals surface area contributed by atoms with Gasteiger partial charge in [-0.1, -0.05) is 0 Å². The molecule has 182 valence electrons. The number of rotatable bonds is 5. The van der Waals surface area contributed by atoms with Crippen LogP contribution in [0.4, 0.5) is 32.0 Å². The van der Waals surface area contributed by atoms with Crippen LogP contribution in [0.2, 0.25) is 0 Å². The number of amides is 3. The van der Waals surface area contributed by atoms with Crippen molar-refractivity contribution in [1.29, 1.82) is 0 Å². The zero-order chi connectivity index (χ0) is 25.0. The van der Waals surface area contributed by atoms with Crippen LogP contribution in [0.1, 0.15) is 28.8 Å². The highest BCUT2D eigenvalue weighted by Crippen LogP contribution is 2.29. The molecule has 0 unspecified atom stereocenters. The van der Waals surface area contributed by atoms with Gasteiger partial charge in [0, 0.05) is 24.6 Å². The summed E-state index contributed by atoms with van der Waals surface area (Å²) < 4.78 is 77.7. The zero-order valence-electron chi connectivity index (χ0n) is 17.5. The number of alkyl halides is 3. The second-order valence-corrected chi connectivity index (χ2v) is 7.63. The van der Waals surface area contributed by atoms with Crippen LogP contribution in [-0.4, -0.2) is 42.3 Å². The molecule has 1 saturated heterocycles. The third-order valence-corrected chi connectivity index (χ3v) is 5.34. The number of likely N-dealkylation sites (tertiary alicyclic amines) is 1. The van der Waals surface area contributed by atoms with Gasteiger partial charge in [-0.3, -0.25) is 14.4 Å². The summed E-state index contributed by atoms with van der Waals surface area (Å²) in [5.74, 6) is -7.03.